The first-order valence-corrected chi connectivity index (χ1v) is 6.46. The molecule has 0 spiro atoms. The van der Waals surface area contributed by atoms with Gasteiger partial charge in [0.25, 0.3) is 0 Å². The molecule has 0 saturated heterocycles. The number of rotatable bonds is 4. The number of fused-ring (bicyclic) bond motifs is 1. The summed E-state index contributed by atoms with van der Waals surface area (Å²) in [5, 5.41) is 8.87. The van der Waals surface area contributed by atoms with Crippen LogP contribution in [0.1, 0.15) is 12.5 Å². The van der Waals surface area contributed by atoms with Gasteiger partial charge in [-0.15, -0.1) is 0 Å². The lowest BCUT2D eigenvalue weighted by molar-refractivity contribution is 0.659. The van der Waals surface area contributed by atoms with Crippen molar-refractivity contribution in [1.29, 1.82) is 0 Å². The maximum Gasteiger partial charge on any atom is 0.0722 e. The second kappa shape index (κ2) is 5.10. The molecule has 3 rings (SSSR count). The summed E-state index contributed by atoms with van der Waals surface area (Å²) in [5.74, 6) is 0. The largest absolute Gasteiger partial charge is 0.380 e. The first-order chi connectivity index (χ1) is 9.36. The van der Waals surface area contributed by atoms with E-state index in [0.717, 1.165) is 29.7 Å². The SMILES string of the molecule is CCn1cc(CNc2cccc3ncccc23)cn1. The Bertz CT molecular complexity index is 682. The van der Waals surface area contributed by atoms with Gasteiger partial charge in [0.1, 0.15) is 0 Å². The van der Waals surface area contributed by atoms with Gasteiger partial charge < -0.3 is 5.32 Å². The number of nitrogens with zero attached hydrogens (tertiary/aromatic N) is 3. The Labute approximate surface area is 112 Å². The number of hydrogen-bond donors (Lipinski definition) is 1. The van der Waals surface area contributed by atoms with E-state index >= 15 is 0 Å². The Morgan fingerprint density at radius 2 is 2.16 bits per heavy atom. The van der Waals surface area contributed by atoms with Crippen LogP contribution < -0.4 is 5.32 Å². The minimum Gasteiger partial charge on any atom is -0.380 e. The molecule has 0 bridgehead atoms. The van der Waals surface area contributed by atoms with Crippen LogP contribution in [-0.4, -0.2) is 14.8 Å². The molecule has 4 heteroatoms. The van der Waals surface area contributed by atoms with Crippen LogP contribution in [0.15, 0.2) is 48.9 Å². The van der Waals surface area contributed by atoms with E-state index in [0.29, 0.717) is 0 Å². The van der Waals surface area contributed by atoms with E-state index < -0.39 is 0 Å². The molecule has 1 aromatic carbocycles. The molecular weight excluding hydrogens is 236 g/mol. The zero-order chi connectivity index (χ0) is 13.1. The monoisotopic (exact) mass is 252 g/mol. The maximum absolute atomic E-state index is 4.36. The average molecular weight is 252 g/mol. The van der Waals surface area contributed by atoms with Crippen molar-refractivity contribution in [3.63, 3.8) is 0 Å². The lowest BCUT2D eigenvalue weighted by atomic mass is 10.2. The van der Waals surface area contributed by atoms with Crippen LogP contribution in [0, 0.1) is 0 Å². The van der Waals surface area contributed by atoms with Gasteiger partial charge in [-0.3, -0.25) is 9.67 Å². The number of hydrogen-bond acceptors (Lipinski definition) is 3. The van der Waals surface area contributed by atoms with Crippen LogP contribution in [0.2, 0.25) is 0 Å². The quantitative estimate of drug-likeness (QED) is 0.776. The molecule has 0 aliphatic rings. The van der Waals surface area contributed by atoms with Crippen molar-refractivity contribution in [2.75, 3.05) is 5.32 Å². The molecule has 1 N–H and O–H groups in total. The number of aryl methyl sites for hydroxylation is 1. The van der Waals surface area contributed by atoms with E-state index in [1.165, 1.54) is 5.56 Å². The summed E-state index contributed by atoms with van der Waals surface area (Å²) in [5.41, 5.74) is 3.30. The summed E-state index contributed by atoms with van der Waals surface area (Å²) in [6, 6.07) is 10.2. The van der Waals surface area contributed by atoms with E-state index in [1.54, 1.807) is 0 Å². The lowest BCUT2D eigenvalue weighted by Crippen LogP contribution is -1.99. The molecule has 2 heterocycles. The van der Waals surface area contributed by atoms with Crippen molar-refractivity contribution in [3.05, 3.63) is 54.5 Å². The third-order valence-electron chi connectivity index (χ3n) is 3.14. The van der Waals surface area contributed by atoms with Gasteiger partial charge in [-0.1, -0.05) is 6.07 Å². The minimum absolute atomic E-state index is 0.772. The standard InChI is InChI=1S/C15H16N4/c1-2-19-11-12(10-18-19)9-17-15-7-3-6-14-13(15)5-4-8-16-14/h3-8,10-11,17H,2,9H2,1H3. The zero-order valence-electron chi connectivity index (χ0n) is 10.9. The van der Waals surface area contributed by atoms with Crippen molar-refractivity contribution in [1.82, 2.24) is 14.8 Å². The maximum atomic E-state index is 4.36. The third kappa shape index (κ3) is 2.42. The van der Waals surface area contributed by atoms with Gasteiger partial charge in [-0.25, -0.2) is 0 Å². The topological polar surface area (TPSA) is 42.7 Å². The Morgan fingerprint density at radius 1 is 1.21 bits per heavy atom. The Balaban J connectivity index is 1.81. The summed E-state index contributed by atoms with van der Waals surface area (Å²) >= 11 is 0. The van der Waals surface area contributed by atoms with Crippen molar-refractivity contribution in [2.24, 2.45) is 0 Å². The second-order valence-corrected chi connectivity index (χ2v) is 4.43. The summed E-state index contributed by atoms with van der Waals surface area (Å²) in [6.45, 7) is 3.76. The molecule has 0 saturated carbocycles. The molecule has 0 aliphatic heterocycles. The second-order valence-electron chi connectivity index (χ2n) is 4.43. The Morgan fingerprint density at radius 3 is 3.00 bits per heavy atom. The van der Waals surface area contributed by atoms with E-state index in [2.05, 4.69) is 40.7 Å². The van der Waals surface area contributed by atoms with Crippen LogP contribution in [0.4, 0.5) is 5.69 Å². The highest BCUT2D eigenvalue weighted by Gasteiger charge is 2.02. The van der Waals surface area contributed by atoms with Crippen LogP contribution in [0.25, 0.3) is 10.9 Å². The number of pyridine rings is 1. The number of aromatic nitrogens is 3. The predicted molar refractivity (Wildman–Crippen MR) is 77.0 cm³/mol. The highest BCUT2D eigenvalue weighted by molar-refractivity contribution is 5.91. The van der Waals surface area contributed by atoms with Crippen LogP contribution in [-0.2, 0) is 13.1 Å². The van der Waals surface area contributed by atoms with Gasteiger partial charge >= 0.3 is 0 Å². The summed E-state index contributed by atoms with van der Waals surface area (Å²) in [7, 11) is 0. The van der Waals surface area contributed by atoms with E-state index in [9.17, 15) is 0 Å². The number of nitrogens with one attached hydrogen (secondary N) is 1. The van der Waals surface area contributed by atoms with Crippen molar-refractivity contribution in [2.45, 2.75) is 20.0 Å². The Kier molecular flexibility index (Phi) is 3.14. The molecular formula is C15H16N4. The molecule has 3 aromatic rings. The molecule has 0 unspecified atom stereocenters. The fraction of sp³-hybridized carbons (Fsp3) is 0.200. The molecule has 96 valence electrons. The summed E-state index contributed by atoms with van der Waals surface area (Å²) in [4.78, 5) is 4.36. The normalized spacial score (nSPS) is 10.8. The van der Waals surface area contributed by atoms with Crippen LogP contribution in [0.3, 0.4) is 0 Å². The van der Waals surface area contributed by atoms with Gasteiger partial charge in [0, 0.05) is 42.1 Å². The highest BCUT2D eigenvalue weighted by Crippen LogP contribution is 2.21. The van der Waals surface area contributed by atoms with Gasteiger partial charge in [-0.05, 0) is 31.2 Å². The van der Waals surface area contributed by atoms with Crippen LogP contribution in [0.5, 0.6) is 0 Å². The van der Waals surface area contributed by atoms with Crippen molar-refractivity contribution >= 4 is 16.6 Å². The van der Waals surface area contributed by atoms with E-state index in [1.807, 2.05) is 35.3 Å². The molecule has 19 heavy (non-hydrogen) atoms. The Hall–Kier alpha value is -2.36. The highest BCUT2D eigenvalue weighted by atomic mass is 15.3. The number of benzene rings is 1. The smallest absolute Gasteiger partial charge is 0.0722 e. The first-order valence-electron chi connectivity index (χ1n) is 6.46. The van der Waals surface area contributed by atoms with E-state index in [4.69, 9.17) is 0 Å². The fourth-order valence-corrected chi connectivity index (χ4v) is 2.13. The van der Waals surface area contributed by atoms with Gasteiger partial charge in [0.05, 0.1) is 11.7 Å². The van der Waals surface area contributed by atoms with Crippen molar-refractivity contribution in [3.8, 4) is 0 Å². The molecule has 4 nitrogen and oxygen atoms in total. The van der Waals surface area contributed by atoms with Gasteiger partial charge in [-0.2, -0.15) is 5.10 Å². The minimum atomic E-state index is 0.772. The molecule has 0 amide bonds. The zero-order valence-corrected chi connectivity index (χ0v) is 10.9. The summed E-state index contributed by atoms with van der Waals surface area (Å²) in [6.07, 6.45) is 5.79. The summed E-state index contributed by atoms with van der Waals surface area (Å²) < 4.78 is 1.93. The molecule has 0 atom stereocenters. The first kappa shape index (κ1) is 11.7. The third-order valence-corrected chi connectivity index (χ3v) is 3.14. The van der Waals surface area contributed by atoms with E-state index in [-0.39, 0.29) is 0 Å². The van der Waals surface area contributed by atoms with Crippen molar-refractivity contribution < 1.29 is 0 Å². The average Bonchev–Trinajstić information content (AvgIpc) is 2.93. The molecule has 0 fully saturated rings. The fourth-order valence-electron chi connectivity index (χ4n) is 2.13. The van der Waals surface area contributed by atoms with Gasteiger partial charge in [0.15, 0.2) is 0 Å². The van der Waals surface area contributed by atoms with Crippen LogP contribution >= 0.6 is 0 Å². The number of anilines is 1. The molecule has 0 aliphatic carbocycles. The predicted octanol–water partition coefficient (Wildman–Crippen LogP) is 3.06. The van der Waals surface area contributed by atoms with Gasteiger partial charge in [0.2, 0.25) is 0 Å². The lowest BCUT2D eigenvalue weighted by Gasteiger charge is -2.08. The molecule has 2 aromatic heterocycles. The molecule has 0 radical (unpaired) electrons.